The minimum absolute atomic E-state index is 0.293. The first-order chi connectivity index (χ1) is 13.1. The normalized spacial score (nSPS) is 14.1. The summed E-state index contributed by atoms with van der Waals surface area (Å²) in [6.07, 6.45) is -1.55. The summed E-state index contributed by atoms with van der Waals surface area (Å²) in [6.45, 7) is 3.45. The van der Waals surface area contributed by atoms with Gasteiger partial charge in [0, 0.05) is 18.0 Å². The van der Waals surface area contributed by atoms with Gasteiger partial charge in [-0.1, -0.05) is 0 Å². The van der Waals surface area contributed by atoms with Crippen molar-refractivity contribution in [3.8, 4) is 0 Å². The SMILES string of the molecule is CC(C)OC(=O)c1c(NC(=O)c2cc(C(F)(F)F)n(C)n2)sc2c1CCCC2. The minimum Gasteiger partial charge on any atom is -0.459 e. The molecule has 152 valence electrons. The van der Waals surface area contributed by atoms with E-state index >= 15 is 0 Å². The minimum atomic E-state index is -4.62. The second kappa shape index (κ2) is 7.57. The van der Waals surface area contributed by atoms with Gasteiger partial charge in [0.25, 0.3) is 5.91 Å². The van der Waals surface area contributed by atoms with Crippen molar-refractivity contribution in [3.05, 3.63) is 33.5 Å². The molecule has 10 heteroatoms. The highest BCUT2D eigenvalue weighted by Gasteiger charge is 2.36. The van der Waals surface area contributed by atoms with Gasteiger partial charge in [0.05, 0.1) is 11.7 Å². The number of anilines is 1. The Bertz CT molecular complexity index is 915. The lowest BCUT2D eigenvalue weighted by Gasteiger charge is -2.14. The first kappa shape index (κ1) is 20.4. The maximum absolute atomic E-state index is 12.9. The zero-order chi connectivity index (χ0) is 20.6. The van der Waals surface area contributed by atoms with Gasteiger partial charge in [0.15, 0.2) is 5.69 Å². The van der Waals surface area contributed by atoms with Crippen LogP contribution in [0.5, 0.6) is 0 Å². The molecule has 6 nitrogen and oxygen atoms in total. The van der Waals surface area contributed by atoms with Crippen LogP contribution in [0.1, 0.15) is 63.7 Å². The molecule has 2 aromatic heterocycles. The van der Waals surface area contributed by atoms with Crippen LogP contribution < -0.4 is 5.32 Å². The smallest absolute Gasteiger partial charge is 0.433 e. The van der Waals surface area contributed by atoms with Crippen LogP contribution in [0, 0.1) is 0 Å². The number of thiophene rings is 1. The molecule has 0 spiro atoms. The number of fused-ring (bicyclic) bond motifs is 1. The molecule has 0 aliphatic heterocycles. The van der Waals surface area contributed by atoms with E-state index in [1.807, 2.05) is 0 Å². The zero-order valence-electron chi connectivity index (χ0n) is 15.6. The first-order valence-electron chi connectivity index (χ1n) is 8.86. The van der Waals surface area contributed by atoms with Crippen molar-refractivity contribution in [2.45, 2.75) is 51.8 Å². The molecule has 0 bridgehead atoms. The standard InChI is InChI=1S/C18H20F3N3O3S/c1-9(2)27-17(26)14-10-6-4-5-7-12(10)28-16(14)22-15(25)11-8-13(18(19,20)21)24(3)23-11/h8-9H,4-7H2,1-3H3,(H,22,25). The Morgan fingerprint density at radius 2 is 1.96 bits per heavy atom. The van der Waals surface area contributed by atoms with Gasteiger partial charge < -0.3 is 10.1 Å². The van der Waals surface area contributed by atoms with E-state index in [0.717, 1.165) is 36.8 Å². The monoisotopic (exact) mass is 415 g/mol. The summed E-state index contributed by atoms with van der Waals surface area (Å²) in [4.78, 5) is 26.1. The molecule has 0 unspecified atom stereocenters. The van der Waals surface area contributed by atoms with Gasteiger partial charge in [0.2, 0.25) is 0 Å². The fourth-order valence-electron chi connectivity index (χ4n) is 3.15. The Morgan fingerprint density at radius 1 is 1.29 bits per heavy atom. The molecule has 2 aromatic rings. The molecule has 1 amide bonds. The Morgan fingerprint density at radius 3 is 2.57 bits per heavy atom. The summed E-state index contributed by atoms with van der Waals surface area (Å²) in [6, 6.07) is 0.689. The van der Waals surface area contributed by atoms with E-state index < -0.39 is 23.7 Å². The van der Waals surface area contributed by atoms with Gasteiger partial charge >= 0.3 is 12.1 Å². The van der Waals surface area contributed by atoms with Crippen LogP contribution in [0.25, 0.3) is 0 Å². The van der Waals surface area contributed by atoms with Crippen molar-refractivity contribution in [2.24, 2.45) is 7.05 Å². The van der Waals surface area contributed by atoms with Gasteiger partial charge in [-0.05, 0) is 45.1 Å². The number of hydrogen-bond acceptors (Lipinski definition) is 5. The third kappa shape index (κ3) is 4.06. The Hall–Kier alpha value is -2.36. The predicted molar refractivity (Wildman–Crippen MR) is 97.7 cm³/mol. The molecule has 0 saturated carbocycles. The summed E-state index contributed by atoms with van der Waals surface area (Å²) in [7, 11) is 1.12. The van der Waals surface area contributed by atoms with Crippen LogP contribution >= 0.6 is 11.3 Å². The van der Waals surface area contributed by atoms with E-state index in [4.69, 9.17) is 4.74 Å². The Kier molecular flexibility index (Phi) is 5.51. The molecule has 2 heterocycles. The zero-order valence-corrected chi connectivity index (χ0v) is 16.5. The van der Waals surface area contributed by atoms with Crippen LogP contribution in [0.15, 0.2) is 6.07 Å². The number of esters is 1. The highest BCUT2D eigenvalue weighted by atomic mass is 32.1. The summed E-state index contributed by atoms with van der Waals surface area (Å²) < 4.78 is 44.8. The third-order valence-corrected chi connectivity index (χ3v) is 5.56. The number of hydrogen-bond donors (Lipinski definition) is 1. The van der Waals surface area contributed by atoms with Gasteiger partial charge in [-0.3, -0.25) is 9.48 Å². The Balaban J connectivity index is 1.93. The summed E-state index contributed by atoms with van der Waals surface area (Å²) in [5.74, 6) is -1.34. The number of carbonyl (C=O) groups excluding carboxylic acids is 2. The van der Waals surface area contributed by atoms with Gasteiger partial charge in [0.1, 0.15) is 10.7 Å². The van der Waals surface area contributed by atoms with Crippen LogP contribution in [0.4, 0.5) is 18.2 Å². The number of alkyl halides is 3. The average molecular weight is 415 g/mol. The summed E-state index contributed by atoms with van der Waals surface area (Å²) in [5, 5.41) is 6.51. The third-order valence-electron chi connectivity index (χ3n) is 4.35. The van der Waals surface area contributed by atoms with Crippen LogP contribution in [-0.4, -0.2) is 27.8 Å². The molecule has 0 saturated heterocycles. The molecule has 3 rings (SSSR count). The van der Waals surface area contributed by atoms with E-state index in [-0.39, 0.29) is 11.8 Å². The van der Waals surface area contributed by atoms with Gasteiger partial charge in [-0.15, -0.1) is 11.3 Å². The topological polar surface area (TPSA) is 73.2 Å². The molecular formula is C18H20F3N3O3S. The van der Waals surface area contributed by atoms with E-state index in [2.05, 4.69) is 10.4 Å². The number of aromatic nitrogens is 2. The summed E-state index contributed by atoms with van der Waals surface area (Å²) >= 11 is 1.27. The van der Waals surface area contributed by atoms with Crippen molar-refractivity contribution in [2.75, 3.05) is 5.32 Å². The Labute approximate surface area is 163 Å². The fraction of sp³-hybridized carbons (Fsp3) is 0.500. The van der Waals surface area contributed by atoms with E-state index in [0.29, 0.717) is 27.7 Å². The number of amides is 1. The quantitative estimate of drug-likeness (QED) is 0.760. The van der Waals surface area contributed by atoms with E-state index in [1.165, 1.54) is 11.3 Å². The van der Waals surface area contributed by atoms with Crippen molar-refractivity contribution >= 4 is 28.2 Å². The molecule has 1 N–H and O–H groups in total. The predicted octanol–water partition coefficient (Wildman–Crippen LogP) is 4.20. The molecular weight excluding hydrogens is 395 g/mol. The molecule has 0 fully saturated rings. The second-order valence-corrected chi connectivity index (χ2v) is 7.96. The van der Waals surface area contributed by atoms with Crippen LogP contribution in [-0.2, 0) is 30.8 Å². The fourth-order valence-corrected chi connectivity index (χ4v) is 4.43. The summed E-state index contributed by atoms with van der Waals surface area (Å²) in [5.41, 5.74) is -0.241. The van der Waals surface area contributed by atoms with Crippen LogP contribution in [0.2, 0.25) is 0 Å². The number of aryl methyl sites for hydroxylation is 2. The largest absolute Gasteiger partial charge is 0.459 e. The van der Waals surface area contributed by atoms with Crippen molar-refractivity contribution in [1.29, 1.82) is 0 Å². The number of nitrogens with one attached hydrogen (secondary N) is 1. The van der Waals surface area contributed by atoms with Gasteiger partial charge in [-0.25, -0.2) is 4.79 Å². The molecule has 0 atom stereocenters. The highest BCUT2D eigenvalue weighted by Crippen LogP contribution is 2.39. The number of halogens is 3. The maximum atomic E-state index is 12.9. The first-order valence-corrected chi connectivity index (χ1v) is 9.67. The molecule has 1 aliphatic carbocycles. The van der Waals surface area contributed by atoms with Crippen molar-refractivity contribution in [1.82, 2.24) is 9.78 Å². The number of nitrogens with zero attached hydrogens (tertiary/aromatic N) is 2. The maximum Gasteiger partial charge on any atom is 0.433 e. The molecule has 0 aromatic carbocycles. The second-order valence-electron chi connectivity index (χ2n) is 6.86. The number of ether oxygens (including phenoxy) is 1. The van der Waals surface area contributed by atoms with E-state index in [9.17, 15) is 22.8 Å². The number of carbonyl (C=O) groups is 2. The van der Waals surface area contributed by atoms with E-state index in [1.54, 1.807) is 13.8 Å². The molecule has 0 radical (unpaired) electrons. The highest BCUT2D eigenvalue weighted by molar-refractivity contribution is 7.17. The lowest BCUT2D eigenvalue weighted by molar-refractivity contribution is -0.143. The van der Waals surface area contributed by atoms with Crippen molar-refractivity contribution in [3.63, 3.8) is 0 Å². The van der Waals surface area contributed by atoms with Crippen LogP contribution in [0.3, 0.4) is 0 Å². The van der Waals surface area contributed by atoms with Crippen molar-refractivity contribution < 1.29 is 27.5 Å². The molecule has 28 heavy (non-hydrogen) atoms. The van der Waals surface area contributed by atoms with Gasteiger partial charge in [-0.2, -0.15) is 18.3 Å². The average Bonchev–Trinajstić information content (AvgIpc) is 3.14. The molecule has 1 aliphatic rings. The lowest BCUT2D eigenvalue weighted by Crippen LogP contribution is -2.18. The number of rotatable bonds is 4. The lowest BCUT2D eigenvalue weighted by atomic mass is 9.95.